The van der Waals surface area contributed by atoms with Crippen molar-refractivity contribution in [2.24, 2.45) is 11.3 Å². The fourth-order valence-corrected chi connectivity index (χ4v) is 3.38. The topological polar surface area (TPSA) is 74.3 Å². The molecule has 0 saturated carbocycles. The molecule has 0 spiro atoms. The van der Waals surface area contributed by atoms with Gasteiger partial charge in [0.15, 0.2) is 11.8 Å². The summed E-state index contributed by atoms with van der Waals surface area (Å²) < 4.78 is 22.1. The predicted octanol–water partition coefficient (Wildman–Crippen LogP) is 1.71. The number of amides is 1. The van der Waals surface area contributed by atoms with Crippen LogP contribution < -0.4 is 0 Å². The molecular weight excluding hydrogens is 326 g/mol. The van der Waals surface area contributed by atoms with Crippen molar-refractivity contribution >= 4 is 11.9 Å². The molecule has 2 aliphatic rings. The average Bonchev–Trinajstić information content (AvgIpc) is 3.17. The molecule has 0 aromatic heterocycles. The van der Waals surface area contributed by atoms with Crippen molar-refractivity contribution in [3.8, 4) is 0 Å². The van der Waals surface area contributed by atoms with Crippen molar-refractivity contribution < 1.29 is 28.5 Å². The number of carbonyl (C=O) groups excluding carboxylic acids is 2. The maximum Gasteiger partial charge on any atom is 0.331 e. The summed E-state index contributed by atoms with van der Waals surface area (Å²) in [5.41, 5.74) is -0.366. The van der Waals surface area contributed by atoms with Crippen LogP contribution in [0.15, 0.2) is 12.7 Å². The molecule has 0 radical (unpaired) electrons. The van der Waals surface area contributed by atoms with E-state index in [0.717, 1.165) is 0 Å². The van der Waals surface area contributed by atoms with Crippen molar-refractivity contribution in [2.75, 3.05) is 26.9 Å². The second kappa shape index (κ2) is 7.43. The van der Waals surface area contributed by atoms with Gasteiger partial charge in [-0.15, -0.1) is 6.58 Å². The Morgan fingerprint density at radius 3 is 2.44 bits per heavy atom. The molecule has 2 heterocycles. The van der Waals surface area contributed by atoms with E-state index < -0.39 is 29.9 Å². The number of nitrogens with zero attached hydrogens (tertiary/aromatic N) is 1. The zero-order valence-electron chi connectivity index (χ0n) is 15.7. The highest BCUT2D eigenvalue weighted by Gasteiger charge is 2.53. The predicted molar refractivity (Wildman–Crippen MR) is 90.5 cm³/mol. The summed E-state index contributed by atoms with van der Waals surface area (Å²) in [5, 5.41) is 0. The van der Waals surface area contributed by atoms with Crippen LogP contribution in [-0.2, 0) is 28.5 Å². The van der Waals surface area contributed by atoms with Crippen LogP contribution in [0.5, 0.6) is 0 Å². The van der Waals surface area contributed by atoms with Gasteiger partial charge in [-0.3, -0.25) is 9.69 Å². The fourth-order valence-electron chi connectivity index (χ4n) is 3.38. The summed E-state index contributed by atoms with van der Waals surface area (Å²) in [7, 11) is 1.31. The molecule has 0 N–H and O–H groups in total. The molecule has 142 valence electrons. The van der Waals surface area contributed by atoms with Crippen molar-refractivity contribution in [3.63, 3.8) is 0 Å². The highest BCUT2D eigenvalue weighted by atomic mass is 16.7. The van der Waals surface area contributed by atoms with E-state index in [1.54, 1.807) is 13.0 Å². The van der Waals surface area contributed by atoms with Crippen LogP contribution in [-0.4, -0.2) is 61.8 Å². The quantitative estimate of drug-likeness (QED) is 0.552. The molecule has 0 bridgehead atoms. The summed E-state index contributed by atoms with van der Waals surface area (Å²) in [5.74, 6) is -2.41. The van der Waals surface area contributed by atoms with Crippen LogP contribution in [0.1, 0.15) is 34.1 Å². The molecule has 3 atom stereocenters. The number of hydrogen-bond acceptors (Lipinski definition) is 6. The van der Waals surface area contributed by atoms with E-state index in [-0.39, 0.29) is 17.9 Å². The Bertz CT molecular complexity index is 520. The van der Waals surface area contributed by atoms with Crippen molar-refractivity contribution in [2.45, 2.75) is 52.2 Å². The van der Waals surface area contributed by atoms with E-state index >= 15 is 0 Å². The zero-order chi connectivity index (χ0) is 18.8. The molecule has 1 unspecified atom stereocenters. The Labute approximate surface area is 149 Å². The lowest BCUT2D eigenvalue weighted by Crippen LogP contribution is -2.56. The molecule has 2 rings (SSSR count). The Morgan fingerprint density at radius 1 is 1.36 bits per heavy atom. The Morgan fingerprint density at radius 2 is 1.96 bits per heavy atom. The first-order valence-corrected chi connectivity index (χ1v) is 8.56. The van der Waals surface area contributed by atoms with Gasteiger partial charge in [0.05, 0.1) is 32.8 Å². The van der Waals surface area contributed by atoms with Crippen LogP contribution in [0.25, 0.3) is 0 Å². The smallest absolute Gasteiger partial charge is 0.331 e. The zero-order valence-corrected chi connectivity index (χ0v) is 15.7. The molecule has 1 amide bonds. The lowest BCUT2D eigenvalue weighted by molar-refractivity contribution is -0.198. The van der Waals surface area contributed by atoms with Gasteiger partial charge in [-0.2, -0.15) is 0 Å². The SMILES string of the molecule is C=CCC(C(=O)N1[C@@H](C(=O)OC)CO[C@@H]1C(C)(C)C)C1(C)OCCO1. The van der Waals surface area contributed by atoms with Crippen LogP contribution in [0, 0.1) is 11.3 Å². The lowest BCUT2D eigenvalue weighted by Gasteiger charge is -2.39. The van der Waals surface area contributed by atoms with Crippen molar-refractivity contribution in [1.29, 1.82) is 0 Å². The highest BCUT2D eigenvalue weighted by molar-refractivity contribution is 5.87. The summed E-state index contributed by atoms with van der Waals surface area (Å²) >= 11 is 0. The van der Waals surface area contributed by atoms with Gasteiger partial charge in [-0.05, 0) is 13.3 Å². The molecule has 2 fully saturated rings. The molecule has 2 saturated heterocycles. The van der Waals surface area contributed by atoms with Gasteiger partial charge in [0.1, 0.15) is 6.23 Å². The maximum absolute atomic E-state index is 13.4. The largest absolute Gasteiger partial charge is 0.467 e. The fraction of sp³-hybridized carbons (Fsp3) is 0.778. The Kier molecular flexibility index (Phi) is 5.91. The average molecular weight is 355 g/mol. The summed E-state index contributed by atoms with van der Waals surface area (Å²) in [6.45, 7) is 12.4. The third-order valence-corrected chi connectivity index (χ3v) is 4.66. The number of esters is 1. The summed E-state index contributed by atoms with van der Waals surface area (Å²) in [6.07, 6.45) is 1.49. The van der Waals surface area contributed by atoms with Gasteiger partial charge >= 0.3 is 5.97 Å². The van der Waals surface area contributed by atoms with Gasteiger partial charge in [0.2, 0.25) is 5.91 Å². The first-order valence-electron chi connectivity index (χ1n) is 8.56. The van der Waals surface area contributed by atoms with E-state index in [2.05, 4.69) is 6.58 Å². The summed E-state index contributed by atoms with van der Waals surface area (Å²) in [4.78, 5) is 27.1. The number of ether oxygens (including phenoxy) is 4. The minimum atomic E-state index is -1.04. The highest BCUT2D eigenvalue weighted by Crippen LogP contribution is 2.38. The van der Waals surface area contributed by atoms with Crippen LogP contribution in [0.2, 0.25) is 0 Å². The van der Waals surface area contributed by atoms with E-state index in [9.17, 15) is 9.59 Å². The van der Waals surface area contributed by atoms with Gasteiger partial charge in [0, 0.05) is 5.41 Å². The Balaban J connectivity index is 2.37. The summed E-state index contributed by atoms with van der Waals surface area (Å²) in [6, 6.07) is -0.779. The normalized spacial score (nSPS) is 27.2. The molecule has 0 aromatic carbocycles. The molecule has 25 heavy (non-hydrogen) atoms. The number of carbonyl (C=O) groups is 2. The van der Waals surface area contributed by atoms with Crippen LogP contribution in [0.4, 0.5) is 0 Å². The third kappa shape index (κ3) is 3.88. The molecule has 0 aromatic rings. The van der Waals surface area contributed by atoms with Gasteiger partial charge in [-0.25, -0.2) is 4.79 Å². The standard InChI is InChI=1S/C18H29NO6/c1-7-8-12(18(5)24-9-10-25-18)14(20)19-13(15(21)22-6)11-23-16(19)17(2,3)4/h7,12-13,16H,1,8-11H2,2-6H3/t12?,13-,16-/m1/s1. The van der Waals surface area contributed by atoms with E-state index in [0.29, 0.717) is 19.6 Å². The minimum Gasteiger partial charge on any atom is -0.467 e. The van der Waals surface area contributed by atoms with Crippen LogP contribution in [0.3, 0.4) is 0 Å². The van der Waals surface area contributed by atoms with Crippen molar-refractivity contribution in [1.82, 2.24) is 4.90 Å². The molecule has 2 aliphatic heterocycles. The van der Waals surface area contributed by atoms with E-state index in [4.69, 9.17) is 18.9 Å². The first kappa shape index (κ1) is 19.9. The number of allylic oxidation sites excluding steroid dienone is 1. The number of methoxy groups -OCH3 is 1. The van der Waals surface area contributed by atoms with E-state index in [1.165, 1.54) is 12.0 Å². The van der Waals surface area contributed by atoms with Crippen molar-refractivity contribution in [3.05, 3.63) is 12.7 Å². The van der Waals surface area contributed by atoms with E-state index in [1.807, 2.05) is 20.8 Å². The Hall–Kier alpha value is -1.44. The second-order valence-corrected chi connectivity index (χ2v) is 7.63. The van der Waals surface area contributed by atoms with Gasteiger partial charge in [0.25, 0.3) is 0 Å². The van der Waals surface area contributed by atoms with Crippen LogP contribution >= 0.6 is 0 Å². The minimum absolute atomic E-state index is 0.111. The van der Waals surface area contributed by atoms with Gasteiger partial charge in [-0.1, -0.05) is 26.8 Å². The molecule has 7 heteroatoms. The second-order valence-electron chi connectivity index (χ2n) is 7.63. The van der Waals surface area contributed by atoms with Gasteiger partial charge < -0.3 is 18.9 Å². The first-order chi connectivity index (χ1) is 11.7. The molecular formula is C18H29NO6. The number of hydrogen-bond donors (Lipinski definition) is 0. The molecule has 0 aliphatic carbocycles. The maximum atomic E-state index is 13.4. The lowest BCUT2D eigenvalue weighted by atomic mass is 9.89. The molecule has 7 nitrogen and oxygen atoms in total. The number of rotatable bonds is 5. The monoisotopic (exact) mass is 355 g/mol. The third-order valence-electron chi connectivity index (χ3n) is 4.66.